The van der Waals surface area contributed by atoms with E-state index in [4.69, 9.17) is 16.6 Å². The van der Waals surface area contributed by atoms with Gasteiger partial charge in [0.25, 0.3) is 5.91 Å². The minimum Gasteiger partial charge on any atom is -0.351 e. The first-order valence-corrected chi connectivity index (χ1v) is 15.9. The molecule has 1 amide bonds. The van der Waals surface area contributed by atoms with Gasteiger partial charge in [0.1, 0.15) is 0 Å². The normalized spacial score (nSPS) is 18.8. The van der Waals surface area contributed by atoms with Crippen molar-refractivity contribution in [2.24, 2.45) is 11.8 Å². The second-order valence-corrected chi connectivity index (χ2v) is 12.7. The third-order valence-electron chi connectivity index (χ3n) is 9.03. The number of amides is 1. The van der Waals surface area contributed by atoms with Crippen LogP contribution in [0.3, 0.4) is 0 Å². The fourth-order valence-electron chi connectivity index (χ4n) is 6.70. The molecule has 220 valence electrons. The van der Waals surface area contributed by atoms with E-state index < -0.39 is 0 Å². The number of nitrogens with zero attached hydrogens (tertiary/aromatic N) is 2. The molecule has 1 saturated carbocycles. The molecule has 2 atom stereocenters. The number of halogens is 1. The Morgan fingerprint density at radius 2 is 1.67 bits per heavy atom. The first-order valence-electron chi connectivity index (χ1n) is 15.6. The Morgan fingerprint density at radius 1 is 0.884 bits per heavy atom. The molecule has 43 heavy (non-hydrogen) atoms. The molecule has 2 unspecified atom stereocenters. The summed E-state index contributed by atoms with van der Waals surface area (Å²) in [7, 11) is 4.00. The van der Waals surface area contributed by atoms with Crippen LogP contribution < -0.4 is 5.32 Å². The third-order valence-corrected chi connectivity index (χ3v) is 9.28. The average Bonchev–Trinajstić information content (AvgIpc) is 3.04. The number of fused-ring (bicyclic) bond motifs is 1. The van der Waals surface area contributed by atoms with Crippen LogP contribution in [0, 0.1) is 11.8 Å². The minimum absolute atomic E-state index is 0.0849. The molecule has 1 N–H and O–H groups in total. The summed E-state index contributed by atoms with van der Waals surface area (Å²) in [4.78, 5) is 20.3. The summed E-state index contributed by atoms with van der Waals surface area (Å²) in [6.07, 6.45) is 16.0. The van der Waals surface area contributed by atoms with E-state index in [0.29, 0.717) is 29.0 Å². The Labute approximate surface area is 260 Å². The van der Waals surface area contributed by atoms with E-state index in [1.165, 1.54) is 37.7 Å². The molecule has 0 bridgehead atoms. The number of hydrogen-bond acceptors (Lipinski definition) is 3. The van der Waals surface area contributed by atoms with Gasteiger partial charge in [0.2, 0.25) is 0 Å². The van der Waals surface area contributed by atoms with E-state index in [9.17, 15) is 4.79 Å². The molecule has 0 aliphatic heterocycles. The van der Waals surface area contributed by atoms with Gasteiger partial charge in [-0.25, -0.2) is 4.98 Å². The van der Waals surface area contributed by atoms with E-state index in [0.717, 1.165) is 45.7 Å². The summed E-state index contributed by atoms with van der Waals surface area (Å²) >= 11 is 6.20. The van der Waals surface area contributed by atoms with Crippen LogP contribution in [0.2, 0.25) is 5.02 Å². The SMILES string of the molecule is CN(C)CCNC(=O)c1ccc(-c2ccc(Cl)cc2)c(-c2ccc3cc(C4C=CC=CC4C4CCCCC4)ccc3n2)c1. The number of carbonyl (C=O) groups excluding carboxylic acids is 1. The molecule has 0 spiro atoms. The summed E-state index contributed by atoms with van der Waals surface area (Å²) in [6.45, 7) is 1.37. The Morgan fingerprint density at radius 3 is 2.47 bits per heavy atom. The zero-order chi connectivity index (χ0) is 29.8. The van der Waals surface area contributed by atoms with Crippen molar-refractivity contribution in [1.82, 2.24) is 15.2 Å². The summed E-state index contributed by atoms with van der Waals surface area (Å²) in [5.74, 6) is 1.63. The van der Waals surface area contributed by atoms with Crippen LogP contribution in [0.15, 0.2) is 97.1 Å². The van der Waals surface area contributed by atoms with E-state index in [1.807, 2.05) is 56.6 Å². The predicted octanol–water partition coefficient (Wildman–Crippen LogP) is 8.92. The van der Waals surface area contributed by atoms with E-state index in [1.54, 1.807) is 0 Å². The lowest BCUT2D eigenvalue weighted by atomic mass is 9.70. The van der Waals surface area contributed by atoms with Crippen LogP contribution in [-0.2, 0) is 0 Å². The molecule has 0 radical (unpaired) electrons. The third kappa shape index (κ3) is 6.76. The van der Waals surface area contributed by atoms with Crippen molar-refractivity contribution >= 4 is 28.4 Å². The standard InChI is InChI=1S/C38H40ClN3O/c1-42(2)23-22-40-38(43)30-14-19-34(27-12-17-31(39)18-13-27)35(25-30)37-21-16-29-24-28(15-20-36(29)41-37)33-11-7-6-10-32(33)26-8-4-3-5-9-26/h6-7,10-21,24-26,32-33H,3-5,8-9,22-23H2,1-2H3,(H,40,43). The highest BCUT2D eigenvalue weighted by Gasteiger charge is 2.29. The lowest BCUT2D eigenvalue weighted by Gasteiger charge is -2.34. The van der Waals surface area contributed by atoms with Crippen LogP contribution in [0.1, 0.15) is 53.9 Å². The van der Waals surface area contributed by atoms with Gasteiger partial charge in [-0.05, 0) is 97.9 Å². The van der Waals surface area contributed by atoms with Crippen molar-refractivity contribution in [2.45, 2.75) is 38.0 Å². The molecular formula is C38H40ClN3O. The highest BCUT2D eigenvalue weighted by Crippen LogP contribution is 2.42. The first kappa shape index (κ1) is 29.3. The average molecular weight is 590 g/mol. The van der Waals surface area contributed by atoms with Crippen LogP contribution in [0.5, 0.6) is 0 Å². The molecule has 3 aromatic carbocycles. The van der Waals surface area contributed by atoms with Gasteiger partial charge in [-0.1, -0.05) is 85.5 Å². The number of hydrogen-bond donors (Lipinski definition) is 1. The Bertz CT molecular complexity index is 1650. The molecule has 1 fully saturated rings. The summed E-state index contributed by atoms with van der Waals surface area (Å²) in [5.41, 5.74) is 6.74. The van der Waals surface area contributed by atoms with Crippen molar-refractivity contribution in [3.05, 3.63) is 113 Å². The van der Waals surface area contributed by atoms with Gasteiger partial charge in [0.15, 0.2) is 0 Å². The second-order valence-electron chi connectivity index (χ2n) is 12.2. The maximum absolute atomic E-state index is 13.1. The van der Waals surface area contributed by atoms with Crippen molar-refractivity contribution in [3.63, 3.8) is 0 Å². The van der Waals surface area contributed by atoms with Gasteiger partial charge in [-0.15, -0.1) is 0 Å². The van der Waals surface area contributed by atoms with E-state index in [2.05, 4.69) is 64.9 Å². The lowest BCUT2D eigenvalue weighted by molar-refractivity contribution is 0.0951. The number of aromatic nitrogens is 1. The molecule has 1 aromatic heterocycles. The van der Waals surface area contributed by atoms with Gasteiger partial charge in [0, 0.05) is 40.5 Å². The Hall–Kier alpha value is -3.73. The molecule has 4 nitrogen and oxygen atoms in total. The second kappa shape index (κ2) is 13.3. The zero-order valence-corrected chi connectivity index (χ0v) is 25.9. The molecule has 5 heteroatoms. The molecular weight excluding hydrogens is 550 g/mol. The van der Waals surface area contributed by atoms with Crippen LogP contribution in [-0.4, -0.2) is 43.0 Å². The van der Waals surface area contributed by atoms with Crippen LogP contribution in [0.4, 0.5) is 0 Å². The molecule has 6 rings (SSSR count). The maximum atomic E-state index is 13.1. The molecule has 2 aliphatic rings. The van der Waals surface area contributed by atoms with Gasteiger partial charge < -0.3 is 10.2 Å². The lowest BCUT2D eigenvalue weighted by Crippen LogP contribution is -2.31. The Balaban J connectivity index is 1.34. The number of rotatable bonds is 8. The van der Waals surface area contributed by atoms with Gasteiger partial charge in [-0.2, -0.15) is 0 Å². The van der Waals surface area contributed by atoms with Crippen LogP contribution in [0.25, 0.3) is 33.3 Å². The molecule has 1 heterocycles. The van der Waals surface area contributed by atoms with Crippen molar-refractivity contribution in [1.29, 1.82) is 0 Å². The number of allylic oxidation sites excluding steroid dienone is 4. The quantitative estimate of drug-likeness (QED) is 0.223. The summed E-state index contributed by atoms with van der Waals surface area (Å²) in [6, 6.07) is 24.7. The zero-order valence-electron chi connectivity index (χ0n) is 25.1. The number of likely N-dealkylation sites (N-methyl/N-ethyl adjacent to an activating group) is 1. The predicted molar refractivity (Wildman–Crippen MR) is 180 cm³/mol. The highest BCUT2D eigenvalue weighted by molar-refractivity contribution is 6.30. The maximum Gasteiger partial charge on any atom is 0.251 e. The topological polar surface area (TPSA) is 45.2 Å². The van der Waals surface area contributed by atoms with Crippen molar-refractivity contribution in [3.8, 4) is 22.4 Å². The monoisotopic (exact) mass is 589 g/mol. The summed E-state index contributed by atoms with van der Waals surface area (Å²) < 4.78 is 0. The molecule has 2 aliphatic carbocycles. The number of pyridine rings is 1. The molecule has 4 aromatic rings. The Kier molecular flexibility index (Phi) is 9.06. The van der Waals surface area contributed by atoms with Gasteiger partial charge in [-0.3, -0.25) is 4.79 Å². The van der Waals surface area contributed by atoms with E-state index in [-0.39, 0.29) is 5.91 Å². The van der Waals surface area contributed by atoms with Gasteiger partial charge >= 0.3 is 0 Å². The smallest absolute Gasteiger partial charge is 0.251 e. The fraction of sp³-hybridized carbons (Fsp3) is 0.316. The minimum atomic E-state index is -0.0849. The molecule has 0 saturated heterocycles. The largest absolute Gasteiger partial charge is 0.351 e. The van der Waals surface area contributed by atoms with Crippen molar-refractivity contribution in [2.75, 3.05) is 27.2 Å². The first-order chi connectivity index (χ1) is 21.0. The number of carbonyl (C=O) groups is 1. The number of benzene rings is 3. The van der Waals surface area contributed by atoms with Crippen LogP contribution >= 0.6 is 11.6 Å². The highest BCUT2D eigenvalue weighted by atomic mass is 35.5. The van der Waals surface area contributed by atoms with E-state index >= 15 is 0 Å². The van der Waals surface area contributed by atoms with Gasteiger partial charge in [0.05, 0.1) is 11.2 Å². The number of nitrogens with one attached hydrogen (secondary N) is 1. The summed E-state index contributed by atoms with van der Waals surface area (Å²) in [5, 5.41) is 4.87. The fourth-order valence-corrected chi connectivity index (χ4v) is 6.83. The van der Waals surface area contributed by atoms with Crippen molar-refractivity contribution < 1.29 is 4.79 Å².